The molecule has 0 saturated heterocycles. The number of carbonyl (C=O) groups excluding carboxylic acids is 2. The van der Waals surface area contributed by atoms with Gasteiger partial charge in [-0.3, -0.25) is 9.59 Å². The van der Waals surface area contributed by atoms with Gasteiger partial charge in [-0.25, -0.2) is 4.79 Å². The van der Waals surface area contributed by atoms with Crippen molar-refractivity contribution < 1.29 is 42.9 Å². The predicted molar refractivity (Wildman–Crippen MR) is 327 cm³/mol. The average Bonchev–Trinajstić information content (AvgIpc) is 3.40. The van der Waals surface area contributed by atoms with Crippen LogP contribution in [-0.2, 0) is 33.3 Å². The number of hydrogen-bond acceptors (Lipinski definition) is 7. The van der Waals surface area contributed by atoms with E-state index in [0.29, 0.717) is 11.0 Å². The summed E-state index contributed by atoms with van der Waals surface area (Å²) in [6.45, 7) is 4.73. The van der Waals surface area contributed by atoms with Gasteiger partial charge in [-0.1, -0.05) is 246 Å². The van der Waals surface area contributed by atoms with Gasteiger partial charge in [-0.05, 0) is 96.3 Å². The summed E-state index contributed by atoms with van der Waals surface area (Å²) in [6, 6.07) is 0. The molecule has 0 rings (SSSR count). The van der Waals surface area contributed by atoms with Crippen LogP contribution in [0.25, 0.3) is 0 Å². The van der Waals surface area contributed by atoms with E-state index < -0.39 is 24.3 Å². The summed E-state index contributed by atoms with van der Waals surface area (Å²) in [5, 5.41) is 9.70. The Morgan fingerprint density at radius 1 is 0.403 bits per heavy atom. The monoisotopic (exact) mass is 1080 g/mol. The molecule has 0 aliphatic heterocycles. The summed E-state index contributed by atoms with van der Waals surface area (Å²) in [5.41, 5.74) is 0. The molecular weight excluding hydrogens is 959 g/mol. The first-order valence-electron chi connectivity index (χ1n) is 31.4. The molecule has 0 aliphatic carbocycles. The number of esters is 2. The molecule has 9 heteroatoms. The van der Waals surface area contributed by atoms with Gasteiger partial charge in [0, 0.05) is 12.8 Å². The third kappa shape index (κ3) is 59.7. The summed E-state index contributed by atoms with van der Waals surface area (Å²) >= 11 is 0. The molecule has 0 aromatic heterocycles. The zero-order chi connectivity index (χ0) is 56.2. The zero-order valence-electron chi connectivity index (χ0n) is 50.3. The fraction of sp³-hybridized carbons (Fsp3) is 0.721. The van der Waals surface area contributed by atoms with E-state index in [1.165, 1.54) is 128 Å². The van der Waals surface area contributed by atoms with Gasteiger partial charge in [-0.2, -0.15) is 0 Å². The Morgan fingerprint density at radius 3 is 1.10 bits per heavy atom. The van der Waals surface area contributed by atoms with Crippen molar-refractivity contribution in [3.05, 3.63) is 97.2 Å². The number of unbranched alkanes of at least 4 members (excludes halogenated alkanes) is 26. The first-order chi connectivity index (χ1) is 37.6. The number of likely N-dealkylation sites (N-methyl/N-ethyl adjacent to an activating group) is 1. The first-order valence-corrected chi connectivity index (χ1v) is 31.4. The van der Waals surface area contributed by atoms with Gasteiger partial charge >= 0.3 is 17.9 Å². The van der Waals surface area contributed by atoms with E-state index in [9.17, 15) is 19.5 Å². The maximum Gasteiger partial charge on any atom is 0.361 e. The van der Waals surface area contributed by atoms with E-state index in [-0.39, 0.29) is 38.6 Å². The van der Waals surface area contributed by atoms with Gasteiger partial charge in [0.25, 0.3) is 6.29 Å². The van der Waals surface area contributed by atoms with Crippen LogP contribution in [0.1, 0.15) is 258 Å². The number of ether oxygens (including phenoxy) is 4. The Hall–Kier alpha value is -3.79. The maximum absolute atomic E-state index is 12.9. The lowest BCUT2D eigenvalue weighted by atomic mass is 10.0. The summed E-state index contributed by atoms with van der Waals surface area (Å²) < 4.78 is 22.9. The molecule has 0 bridgehead atoms. The van der Waals surface area contributed by atoms with Crippen molar-refractivity contribution in [3.63, 3.8) is 0 Å². The number of rotatable bonds is 57. The highest BCUT2D eigenvalue weighted by molar-refractivity contribution is 5.71. The third-order valence-corrected chi connectivity index (χ3v) is 13.3. The summed E-state index contributed by atoms with van der Waals surface area (Å²) in [4.78, 5) is 37.4. The number of hydrogen-bond donors (Lipinski definition) is 1. The summed E-state index contributed by atoms with van der Waals surface area (Å²) in [5.74, 6) is -2.02. The molecular formula is C68H118NO8+. The number of carboxylic acid groups (broad SMARTS) is 1. The summed E-state index contributed by atoms with van der Waals surface area (Å²) in [6.07, 6.45) is 76.5. The molecule has 77 heavy (non-hydrogen) atoms. The Labute approximate surface area is 473 Å². The Balaban J connectivity index is 4.07. The highest BCUT2D eigenvalue weighted by Crippen LogP contribution is 2.16. The number of aliphatic carboxylic acids is 1. The molecule has 0 heterocycles. The lowest BCUT2D eigenvalue weighted by Crippen LogP contribution is -2.40. The molecule has 2 atom stereocenters. The van der Waals surface area contributed by atoms with Crippen molar-refractivity contribution in [1.82, 2.24) is 0 Å². The fourth-order valence-corrected chi connectivity index (χ4v) is 8.52. The molecule has 0 amide bonds. The maximum atomic E-state index is 12.9. The van der Waals surface area contributed by atoms with Crippen molar-refractivity contribution in [1.29, 1.82) is 0 Å². The minimum Gasteiger partial charge on any atom is -0.477 e. The van der Waals surface area contributed by atoms with Crippen LogP contribution in [0, 0.1) is 0 Å². The molecule has 0 aromatic rings. The molecule has 2 unspecified atom stereocenters. The average molecular weight is 1080 g/mol. The van der Waals surface area contributed by atoms with E-state index in [1.807, 2.05) is 21.1 Å². The molecule has 0 aliphatic rings. The van der Waals surface area contributed by atoms with Gasteiger partial charge < -0.3 is 28.5 Å². The molecule has 1 N–H and O–H groups in total. The normalized spacial score (nSPS) is 13.4. The standard InChI is InChI=1S/C68H117NO8/c1-6-8-10-12-14-16-18-20-22-23-24-25-26-27-28-29-30-31-32-33-34-35-36-37-38-39-40-41-42-43-45-47-49-51-53-55-57-59-66(71)77-64(63-76-68(67(72)73)74-61-60-69(3,4)5)62-75-65(70)58-56-54-52-50-48-46-44-21-19-17-15-13-11-9-7-2/h8,10,14-17,20-22,24-25,27-28,30-31,44,64,68H,6-7,9,11-13,18-19,23,26,29,32-43,45-63H2,1-5H3/p+1/b10-8-,16-14-,17-15-,22-20-,25-24-,28-27-,31-30-,44-21-. The quantitative estimate of drug-likeness (QED) is 0.0211. The lowest BCUT2D eigenvalue weighted by Gasteiger charge is -2.25. The van der Waals surface area contributed by atoms with Gasteiger partial charge in [0.05, 0.1) is 34.4 Å². The second-order valence-electron chi connectivity index (χ2n) is 22.0. The number of allylic oxidation sites excluding steroid dienone is 16. The predicted octanol–water partition coefficient (Wildman–Crippen LogP) is 18.9. The molecule has 0 saturated carbocycles. The molecule has 0 fully saturated rings. The molecule has 0 spiro atoms. The molecule has 442 valence electrons. The van der Waals surface area contributed by atoms with Crippen molar-refractivity contribution in [3.8, 4) is 0 Å². The van der Waals surface area contributed by atoms with Gasteiger partial charge in [0.1, 0.15) is 13.2 Å². The van der Waals surface area contributed by atoms with Crippen LogP contribution in [0.5, 0.6) is 0 Å². The van der Waals surface area contributed by atoms with Crippen LogP contribution < -0.4 is 0 Å². The van der Waals surface area contributed by atoms with Crippen molar-refractivity contribution in [2.75, 3.05) is 47.5 Å². The zero-order valence-corrected chi connectivity index (χ0v) is 50.3. The molecule has 0 aromatic carbocycles. The van der Waals surface area contributed by atoms with Gasteiger partial charge in [-0.15, -0.1) is 0 Å². The smallest absolute Gasteiger partial charge is 0.361 e. The van der Waals surface area contributed by atoms with Crippen molar-refractivity contribution in [2.45, 2.75) is 270 Å². The van der Waals surface area contributed by atoms with Crippen LogP contribution in [0.15, 0.2) is 97.2 Å². The topological polar surface area (TPSA) is 108 Å². The Bertz CT molecular complexity index is 1580. The van der Waals surface area contributed by atoms with Crippen molar-refractivity contribution in [2.24, 2.45) is 0 Å². The van der Waals surface area contributed by atoms with Gasteiger partial charge in [0.15, 0.2) is 6.10 Å². The van der Waals surface area contributed by atoms with Crippen LogP contribution >= 0.6 is 0 Å². The van der Waals surface area contributed by atoms with E-state index in [1.54, 1.807) is 0 Å². The van der Waals surface area contributed by atoms with Crippen LogP contribution in [0.3, 0.4) is 0 Å². The van der Waals surface area contributed by atoms with Gasteiger partial charge in [0.2, 0.25) is 0 Å². The van der Waals surface area contributed by atoms with Crippen LogP contribution in [0.4, 0.5) is 0 Å². The molecule has 9 nitrogen and oxygen atoms in total. The lowest BCUT2D eigenvalue weighted by molar-refractivity contribution is -0.870. The Morgan fingerprint density at radius 2 is 0.740 bits per heavy atom. The van der Waals surface area contributed by atoms with E-state index >= 15 is 0 Å². The minimum absolute atomic E-state index is 0.183. The number of nitrogens with zero attached hydrogens (tertiary/aromatic N) is 1. The van der Waals surface area contributed by atoms with E-state index in [0.717, 1.165) is 103 Å². The SMILES string of the molecule is CC/C=C\C/C=C\C/C=C\C/C=C\C/C=C\C/C=C\CCCCCCCCCCCCCCCCCCCCC(=O)OC(COC(=O)CCCCCCC/C=C\C/C=C\CCCCC)COC(OCC[N+](C)(C)C)C(=O)O. The fourth-order valence-electron chi connectivity index (χ4n) is 8.52. The second-order valence-corrected chi connectivity index (χ2v) is 22.0. The number of quaternary nitrogens is 1. The minimum atomic E-state index is -1.52. The first kappa shape index (κ1) is 73.2. The summed E-state index contributed by atoms with van der Waals surface area (Å²) in [7, 11) is 5.96. The van der Waals surface area contributed by atoms with E-state index in [4.69, 9.17) is 18.9 Å². The molecule has 0 radical (unpaired) electrons. The largest absolute Gasteiger partial charge is 0.477 e. The van der Waals surface area contributed by atoms with E-state index in [2.05, 4.69) is 111 Å². The van der Waals surface area contributed by atoms with Crippen molar-refractivity contribution >= 4 is 17.9 Å². The van der Waals surface area contributed by atoms with Crippen LogP contribution in [-0.4, -0.2) is 87.4 Å². The number of carbonyl (C=O) groups is 3. The number of carboxylic acids is 1. The third-order valence-electron chi connectivity index (χ3n) is 13.3. The second kappa shape index (κ2) is 58.4. The highest BCUT2D eigenvalue weighted by Gasteiger charge is 2.25. The highest BCUT2D eigenvalue weighted by atomic mass is 16.7. The Kier molecular flexibility index (Phi) is 55.5. The van der Waals surface area contributed by atoms with Crippen LogP contribution in [0.2, 0.25) is 0 Å².